The molecule has 30 heavy (non-hydrogen) atoms. The van der Waals surface area contributed by atoms with Crippen LogP contribution in [0.25, 0.3) is 10.2 Å². The van der Waals surface area contributed by atoms with Gasteiger partial charge in [0.15, 0.2) is 11.7 Å². The Hall–Kier alpha value is -3.00. The van der Waals surface area contributed by atoms with Crippen molar-refractivity contribution in [2.24, 2.45) is 0 Å². The van der Waals surface area contributed by atoms with Crippen molar-refractivity contribution in [1.82, 2.24) is 9.88 Å². The lowest BCUT2D eigenvalue weighted by Crippen LogP contribution is -2.50. The van der Waals surface area contributed by atoms with Crippen LogP contribution in [0.3, 0.4) is 0 Å². The highest BCUT2D eigenvalue weighted by atomic mass is 32.1. The summed E-state index contributed by atoms with van der Waals surface area (Å²) in [6, 6.07) is 11.5. The van der Waals surface area contributed by atoms with E-state index in [0.717, 1.165) is 51.2 Å². The van der Waals surface area contributed by atoms with Crippen LogP contribution < -0.4 is 19.1 Å². The van der Waals surface area contributed by atoms with Gasteiger partial charge in [-0.1, -0.05) is 29.5 Å². The summed E-state index contributed by atoms with van der Waals surface area (Å²) in [5, 5.41) is 0.913. The van der Waals surface area contributed by atoms with Crippen molar-refractivity contribution in [2.45, 2.75) is 6.92 Å². The van der Waals surface area contributed by atoms with Gasteiger partial charge in [0.25, 0.3) is 5.91 Å². The first-order valence-electron chi connectivity index (χ1n) is 9.83. The van der Waals surface area contributed by atoms with E-state index < -0.39 is 0 Å². The maximum Gasteiger partial charge on any atom is 0.260 e. The number of ether oxygens (including phenoxy) is 3. The summed E-state index contributed by atoms with van der Waals surface area (Å²) < 4.78 is 17.6. The van der Waals surface area contributed by atoms with E-state index in [0.29, 0.717) is 13.1 Å². The van der Waals surface area contributed by atoms with E-state index in [1.807, 2.05) is 48.2 Å². The molecule has 2 aromatic carbocycles. The molecule has 158 valence electrons. The summed E-state index contributed by atoms with van der Waals surface area (Å²) in [4.78, 5) is 21.4. The smallest absolute Gasteiger partial charge is 0.260 e. The van der Waals surface area contributed by atoms with Gasteiger partial charge in [-0.05, 0) is 30.7 Å². The molecular formula is C22H25N3O4S. The van der Waals surface area contributed by atoms with Crippen molar-refractivity contribution in [3.8, 4) is 17.2 Å². The van der Waals surface area contributed by atoms with E-state index in [-0.39, 0.29) is 12.5 Å². The average Bonchev–Trinajstić information content (AvgIpc) is 3.23. The minimum absolute atomic E-state index is 0.00513. The van der Waals surface area contributed by atoms with Crippen LogP contribution in [0.2, 0.25) is 0 Å². The van der Waals surface area contributed by atoms with Crippen molar-refractivity contribution in [2.75, 3.05) is 51.9 Å². The third-order valence-electron chi connectivity index (χ3n) is 5.25. The molecule has 1 aliphatic rings. The molecule has 0 saturated carbocycles. The van der Waals surface area contributed by atoms with Crippen molar-refractivity contribution in [3.63, 3.8) is 0 Å². The molecule has 8 heteroatoms. The van der Waals surface area contributed by atoms with Gasteiger partial charge in [0, 0.05) is 26.2 Å². The molecular weight excluding hydrogens is 402 g/mol. The van der Waals surface area contributed by atoms with Gasteiger partial charge < -0.3 is 24.0 Å². The summed E-state index contributed by atoms with van der Waals surface area (Å²) in [5.74, 6) is 2.28. The molecule has 4 rings (SSSR count). The van der Waals surface area contributed by atoms with E-state index in [2.05, 4.69) is 4.90 Å². The Bertz CT molecular complexity index is 1000. The number of para-hydroxylation sites is 1. The Morgan fingerprint density at radius 2 is 1.70 bits per heavy atom. The maximum atomic E-state index is 12.6. The maximum absolute atomic E-state index is 12.6. The number of rotatable bonds is 6. The summed E-state index contributed by atoms with van der Waals surface area (Å²) in [6.45, 7) is 4.75. The number of hydrogen-bond acceptors (Lipinski definition) is 7. The number of methoxy groups -OCH3 is 2. The van der Waals surface area contributed by atoms with Crippen molar-refractivity contribution in [1.29, 1.82) is 0 Å². The highest BCUT2D eigenvalue weighted by Gasteiger charge is 2.24. The summed E-state index contributed by atoms with van der Waals surface area (Å²) in [7, 11) is 3.30. The number of thiazole rings is 1. The molecule has 0 N–H and O–H groups in total. The Labute approximate surface area is 179 Å². The lowest BCUT2D eigenvalue weighted by Gasteiger charge is -2.34. The zero-order valence-electron chi connectivity index (χ0n) is 17.4. The highest BCUT2D eigenvalue weighted by Crippen LogP contribution is 2.40. The Kier molecular flexibility index (Phi) is 5.94. The number of carbonyl (C=O) groups excluding carboxylic acids is 1. The minimum Gasteiger partial charge on any atom is -0.495 e. The zero-order chi connectivity index (χ0) is 21.1. The first-order valence-corrected chi connectivity index (χ1v) is 10.6. The molecule has 3 aromatic rings. The number of amides is 1. The normalized spacial score (nSPS) is 14.1. The molecule has 7 nitrogen and oxygen atoms in total. The second-order valence-corrected chi connectivity index (χ2v) is 8.04. The van der Waals surface area contributed by atoms with E-state index in [4.69, 9.17) is 19.2 Å². The predicted molar refractivity (Wildman–Crippen MR) is 118 cm³/mol. The number of aromatic nitrogens is 1. The SMILES string of the molecule is COc1ccc(OC)c2sc(N3CCN(C(=O)COc4ccccc4C)CC3)nc12. The van der Waals surface area contributed by atoms with Crippen LogP contribution in [0.4, 0.5) is 5.13 Å². The number of hydrogen-bond donors (Lipinski definition) is 0. The summed E-state index contributed by atoms with van der Waals surface area (Å²) >= 11 is 1.58. The van der Waals surface area contributed by atoms with Gasteiger partial charge >= 0.3 is 0 Å². The molecule has 2 heterocycles. The Balaban J connectivity index is 1.39. The second kappa shape index (κ2) is 8.79. The van der Waals surface area contributed by atoms with Crippen LogP contribution >= 0.6 is 11.3 Å². The molecule has 0 bridgehead atoms. The van der Waals surface area contributed by atoms with Crippen molar-refractivity contribution < 1.29 is 19.0 Å². The first-order chi connectivity index (χ1) is 14.6. The molecule has 1 aliphatic heterocycles. The van der Waals surface area contributed by atoms with Crippen molar-refractivity contribution in [3.05, 3.63) is 42.0 Å². The molecule has 0 radical (unpaired) electrons. The van der Waals surface area contributed by atoms with Gasteiger partial charge in [0.2, 0.25) is 0 Å². The van der Waals surface area contributed by atoms with E-state index in [1.165, 1.54) is 0 Å². The lowest BCUT2D eigenvalue weighted by atomic mass is 10.2. The van der Waals surface area contributed by atoms with Gasteiger partial charge in [0.05, 0.1) is 14.2 Å². The molecule has 0 atom stereocenters. The standard InChI is InChI=1S/C22H25N3O4S/c1-15-6-4-5-7-16(15)29-14-19(26)24-10-12-25(13-11-24)22-23-20-17(27-2)8-9-18(28-3)21(20)30-22/h4-9H,10-14H2,1-3H3. The third kappa shape index (κ3) is 4.00. The topological polar surface area (TPSA) is 64.1 Å². The number of benzene rings is 2. The molecule has 1 aromatic heterocycles. The lowest BCUT2D eigenvalue weighted by molar-refractivity contribution is -0.133. The van der Waals surface area contributed by atoms with Crippen LogP contribution in [0.15, 0.2) is 36.4 Å². The second-order valence-electron chi connectivity index (χ2n) is 7.07. The summed E-state index contributed by atoms with van der Waals surface area (Å²) in [6.07, 6.45) is 0. The summed E-state index contributed by atoms with van der Waals surface area (Å²) in [5.41, 5.74) is 1.83. The average molecular weight is 428 g/mol. The molecule has 1 fully saturated rings. The van der Waals surface area contributed by atoms with Gasteiger partial charge in [-0.15, -0.1) is 0 Å². The van der Waals surface area contributed by atoms with Crippen LogP contribution in [-0.4, -0.2) is 62.8 Å². The third-order valence-corrected chi connectivity index (χ3v) is 6.38. The Morgan fingerprint density at radius 3 is 2.40 bits per heavy atom. The predicted octanol–water partition coefficient (Wildman–Crippen LogP) is 3.35. The van der Waals surface area contributed by atoms with Crippen LogP contribution in [-0.2, 0) is 4.79 Å². The number of anilines is 1. The fourth-order valence-corrected chi connectivity index (χ4v) is 4.63. The van der Waals surface area contributed by atoms with Crippen LogP contribution in [0, 0.1) is 6.92 Å². The monoisotopic (exact) mass is 427 g/mol. The van der Waals surface area contributed by atoms with Gasteiger partial charge in [0.1, 0.15) is 27.5 Å². The Morgan fingerprint density at radius 1 is 1.00 bits per heavy atom. The zero-order valence-corrected chi connectivity index (χ0v) is 18.2. The van der Waals surface area contributed by atoms with E-state index in [9.17, 15) is 4.79 Å². The number of carbonyl (C=O) groups is 1. The molecule has 0 spiro atoms. The van der Waals surface area contributed by atoms with Crippen molar-refractivity contribution >= 4 is 32.6 Å². The fraction of sp³-hybridized carbons (Fsp3) is 0.364. The number of piperazine rings is 1. The van der Waals surface area contributed by atoms with Crippen LogP contribution in [0.5, 0.6) is 17.2 Å². The molecule has 1 amide bonds. The molecule has 1 saturated heterocycles. The highest BCUT2D eigenvalue weighted by molar-refractivity contribution is 7.22. The number of fused-ring (bicyclic) bond motifs is 1. The minimum atomic E-state index is 0.00513. The fourth-order valence-electron chi connectivity index (χ4n) is 3.51. The molecule has 0 unspecified atom stereocenters. The van der Waals surface area contributed by atoms with E-state index in [1.54, 1.807) is 25.6 Å². The quantitative estimate of drug-likeness (QED) is 0.601. The number of nitrogens with zero attached hydrogens (tertiary/aromatic N) is 3. The molecule has 0 aliphatic carbocycles. The van der Waals surface area contributed by atoms with Gasteiger partial charge in [-0.25, -0.2) is 4.98 Å². The van der Waals surface area contributed by atoms with E-state index >= 15 is 0 Å². The largest absolute Gasteiger partial charge is 0.495 e. The first kappa shape index (κ1) is 20.3. The number of aryl methyl sites for hydroxylation is 1. The van der Waals surface area contributed by atoms with Gasteiger partial charge in [-0.3, -0.25) is 4.79 Å². The van der Waals surface area contributed by atoms with Gasteiger partial charge in [-0.2, -0.15) is 0 Å². The van der Waals surface area contributed by atoms with Crippen LogP contribution in [0.1, 0.15) is 5.56 Å².